The molecule has 1 amide bonds. The molecule has 17 heavy (non-hydrogen) atoms. The summed E-state index contributed by atoms with van der Waals surface area (Å²) in [6, 6.07) is 0. The second-order valence-electron chi connectivity index (χ2n) is 6.27. The fraction of sp³-hybridized carbons (Fsp3) is 0.929. The first-order valence-electron chi connectivity index (χ1n) is 6.86. The van der Waals surface area contributed by atoms with Crippen molar-refractivity contribution < 1.29 is 9.90 Å². The van der Waals surface area contributed by atoms with Crippen LogP contribution in [0.3, 0.4) is 0 Å². The Bertz CT molecular complexity index is 251. The molecule has 0 radical (unpaired) electrons. The van der Waals surface area contributed by atoms with Crippen LogP contribution in [0.1, 0.15) is 65.7 Å². The number of rotatable bonds is 5. The predicted octanol–water partition coefficient (Wildman–Crippen LogP) is 2.62. The summed E-state index contributed by atoms with van der Waals surface area (Å²) in [6.45, 7) is 6.98. The number of unbranched alkanes of at least 4 members (excludes halogenated alkanes) is 1. The molecule has 1 aliphatic carbocycles. The van der Waals surface area contributed by atoms with Gasteiger partial charge < -0.3 is 10.4 Å². The molecule has 1 saturated carbocycles. The van der Waals surface area contributed by atoms with Crippen LogP contribution >= 0.6 is 0 Å². The molecule has 0 aliphatic heterocycles. The summed E-state index contributed by atoms with van der Waals surface area (Å²) in [5, 5.41) is 13.2. The first-order chi connectivity index (χ1) is 7.87. The molecule has 0 atom stereocenters. The van der Waals surface area contributed by atoms with Gasteiger partial charge in [0.15, 0.2) is 0 Å². The summed E-state index contributed by atoms with van der Waals surface area (Å²) < 4.78 is 0. The SMILES string of the molecule is CCCCC(=O)NCC1(O)CCC(C)(C)CC1. The number of nitrogens with one attached hydrogen (secondary N) is 1. The van der Waals surface area contributed by atoms with E-state index in [1.807, 2.05) is 0 Å². The lowest BCUT2D eigenvalue weighted by molar-refractivity contribution is -0.123. The van der Waals surface area contributed by atoms with Crippen LogP contribution in [0, 0.1) is 5.41 Å². The Labute approximate surface area is 105 Å². The van der Waals surface area contributed by atoms with Crippen molar-refractivity contribution in [2.75, 3.05) is 6.54 Å². The number of amides is 1. The lowest BCUT2D eigenvalue weighted by atomic mass is 9.71. The summed E-state index contributed by atoms with van der Waals surface area (Å²) in [5.74, 6) is 0.0742. The van der Waals surface area contributed by atoms with Crippen molar-refractivity contribution in [3.63, 3.8) is 0 Å². The van der Waals surface area contributed by atoms with Gasteiger partial charge in [0.2, 0.25) is 5.91 Å². The molecular weight excluding hydrogens is 214 g/mol. The minimum atomic E-state index is -0.669. The summed E-state index contributed by atoms with van der Waals surface area (Å²) in [7, 11) is 0. The normalized spacial score (nSPS) is 22.1. The van der Waals surface area contributed by atoms with Crippen molar-refractivity contribution in [2.24, 2.45) is 5.41 Å². The number of hydrogen-bond acceptors (Lipinski definition) is 2. The van der Waals surface area contributed by atoms with Gasteiger partial charge in [0.25, 0.3) is 0 Å². The first kappa shape index (κ1) is 14.5. The number of hydrogen-bond donors (Lipinski definition) is 2. The maximum absolute atomic E-state index is 11.5. The van der Waals surface area contributed by atoms with Gasteiger partial charge in [-0.2, -0.15) is 0 Å². The van der Waals surface area contributed by atoms with Gasteiger partial charge in [-0.05, 0) is 37.5 Å². The van der Waals surface area contributed by atoms with Gasteiger partial charge in [-0.1, -0.05) is 27.2 Å². The first-order valence-corrected chi connectivity index (χ1v) is 6.86. The zero-order chi connectivity index (χ0) is 12.9. The van der Waals surface area contributed by atoms with Crippen molar-refractivity contribution in [3.8, 4) is 0 Å². The second kappa shape index (κ2) is 5.85. The van der Waals surface area contributed by atoms with Gasteiger partial charge in [-0.3, -0.25) is 4.79 Å². The zero-order valence-electron chi connectivity index (χ0n) is 11.5. The molecule has 0 aromatic heterocycles. The molecular formula is C14H27NO2. The predicted molar refractivity (Wildman–Crippen MR) is 69.7 cm³/mol. The molecule has 1 aliphatic rings. The smallest absolute Gasteiger partial charge is 0.220 e. The Kier molecular flexibility index (Phi) is 4.99. The summed E-state index contributed by atoms with van der Waals surface area (Å²) >= 11 is 0. The standard InChI is InChI=1S/C14H27NO2/c1-4-5-6-12(16)15-11-14(17)9-7-13(2,3)8-10-14/h17H,4-11H2,1-3H3,(H,15,16). The third-order valence-corrected chi connectivity index (χ3v) is 3.91. The third-order valence-electron chi connectivity index (χ3n) is 3.91. The van der Waals surface area contributed by atoms with Crippen LogP contribution in [0.2, 0.25) is 0 Å². The lowest BCUT2D eigenvalue weighted by Gasteiger charge is -2.40. The maximum Gasteiger partial charge on any atom is 0.220 e. The molecule has 0 heterocycles. The minimum Gasteiger partial charge on any atom is -0.388 e. The molecule has 0 bridgehead atoms. The number of carbonyl (C=O) groups is 1. The van der Waals surface area contributed by atoms with E-state index in [0.29, 0.717) is 18.4 Å². The molecule has 3 nitrogen and oxygen atoms in total. The Morgan fingerprint density at radius 1 is 1.24 bits per heavy atom. The van der Waals surface area contributed by atoms with E-state index in [1.165, 1.54) is 0 Å². The van der Waals surface area contributed by atoms with E-state index in [2.05, 4.69) is 26.1 Å². The van der Waals surface area contributed by atoms with E-state index in [0.717, 1.165) is 38.5 Å². The van der Waals surface area contributed by atoms with Crippen molar-refractivity contribution in [2.45, 2.75) is 71.3 Å². The second-order valence-corrected chi connectivity index (χ2v) is 6.27. The molecule has 1 rings (SSSR count). The number of aliphatic hydroxyl groups is 1. The van der Waals surface area contributed by atoms with Crippen molar-refractivity contribution in [3.05, 3.63) is 0 Å². The molecule has 0 saturated heterocycles. The highest BCUT2D eigenvalue weighted by Crippen LogP contribution is 2.39. The van der Waals surface area contributed by atoms with Gasteiger partial charge in [-0.25, -0.2) is 0 Å². The molecule has 0 spiro atoms. The fourth-order valence-electron chi connectivity index (χ4n) is 2.26. The minimum absolute atomic E-state index is 0.0742. The van der Waals surface area contributed by atoms with Gasteiger partial charge in [0.1, 0.15) is 0 Å². The Morgan fingerprint density at radius 3 is 2.35 bits per heavy atom. The fourth-order valence-corrected chi connectivity index (χ4v) is 2.26. The molecule has 2 N–H and O–H groups in total. The van der Waals surface area contributed by atoms with Crippen LogP contribution in [-0.4, -0.2) is 23.2 Å². The van der Waals surface area contributed by atoms with Gasteiger partial charge in [0, 0.05) is 13.0 Å². The lowest BCUT2D eigenvalue weighted by Crippen LogP contribution is -2.46. The molecule has 0 aromatic rings. The highest BCUT2D eigenvalue weighted by Gasteiger charge is 2.36. The average molecular weight is 241 g/mol. The molecule has 0 aromatic carbocycles. The summed E-state index contributed by atoms with van der Waals surface area (Å²) in [4.78, 5) is 11.5. The van der Waals surface area contributed by atoms with Crippen molar-refractivity contribution >= 4 is 5.91 Å². The van der Waals surface area contributed by atoms with E-state index in [-0.39, 0.29) is 5.91 Å². The monoisotopic (exact) mass is 241 g/mol. The van der Waals surface area contributed by atoms with Crippen molar-refractivity contribution in [1.82, 2.24) is 5.32 Å². The van der Waals surface area contributed by atoms with Crippen LogP contribution in [0.15, 0.2) is 0 Å². The van der Waals surface area contributed by atoms with Gasteiger partial charge in [-0.15, -0.1) is 0 Å². The molecule has 0 unspecified atom stereocenters. The van der Waals surface area contributed by atoms with Crippen LogP contribution in [-0.2, 0) is 4.79 Å². The van der Waals surface area contributed by atoms with E-state index in [4.69, 9.17) is 0 Å². The largest absolute Gasteiger partial charge is 0.388 e. The average Bonchev–Trinajstić information content (AvgIpc) is 2.29. The van der Waals surface area contributed by atoms with Crippen LogP contribution in [0.25, 0.3) is 0 Å². The number of carbonyl (C=O) groups excluding carboxylic acids is 1. The van der Waals surface area contributed by atoms with E-state index in [9.17, 15) is 9.90 Å². The summed E-state index contributed by atoms with van der Waals surface area (Å²) in [6.07, 6.45) is 6.21. The topological polar surface area (TPSA) is 49.3 Å². The van der Waals surface area contributed by atoms with Crippen molar-refractivity contribution in [1.29, 1.82) is 0 Å². The van der Waals surface area contributed by atoms with E-state index < -0.39 is 5.60 Å². The summed E-state index contributed by atoms with van der Waals surface area (Å²) in [5.41, 5.74) is -0.324. The molecule has 1 fully saturated rings. The van der Waals surface area contributed by atoms with E-state index >= 15 is 0 Å². The quantitative estimate of drug-likeness (QED) is 0.777. The highest BCUT2D eigenvalue weighted by atomic mass is 16.3. The maximum atomic E-state index is 11.5. The Hall–Kier alpha value is -0.570. The van der Waals surface area contributed by atoms with Crippen LogP contribution < -0.4 is 5.32 Å². The van der Waals surface area contributed by atoms with Gasteiger partial charge >= 0.3 is 0 Å². The Morgan fingerprint density at radius 2 is 1.82 bits per heavy atom. The van der Waals surface area contributed by atoms with E-state index in [1.54, 1.807) is 0 Å². The molecule has 100 valence electrons. The zero-order valence-corrected chi connectivity index (χ0v) is 11.5. The van der Waals surface area contributed by atoms with Crippen LogP contribution in [0.5, 0.6) is 0 Å². The molecule has 3 heteroatoms. The highest BCUT2D eigenvalue weighted by molar-refractivity contribution is 5.75. The van der Waals surface area contributed by atoms with Crippen LogP contribution in [0.4, 0.5) is 0 Å². The Balaban J connectivity index is 2.29. The third kappa shape index (κ3) is 5.07. The van der Waals surface area contributed by atoms with Gasteiger partial charge in [0.05, 0.1) is 5.60 Å².